The van der Waals surface area contributed by atoms with Crippen molar-refractivity contribution in [3.8, 4) is 0 Å². The Morgan fingerprint density at radius 2 is 2.06 bits per heavy atom. The molecule has 0 bridgehead atoms. The number of epoxide rings is 1. The van der Waals surface area contributed by atoms with Crippen LogP contribution in [0.4, 0.5) is 4.79 Å². The lowest BCUT2D eigenvalue weighted by Crippen LogP contribution is -2.65. The van der Waals surface area contributed by atoms with Crippen LogP contribution in [0.3, 0.4) is 0 Å². The van der Waals surface area contributed by atoms with Crippen LogP contribution in [0.1, 0.15) is 57.9 Å². The summed E-state index contributed by atoms with van der Waals surface area (Å²) in [4.78, 5) is 36.3. The second-order valence-corrected chi connectivity index (χ2v) is 12.8. The molecule has 1 aromatic heterocycles. The molecule has 0 aromatic carbocycles. The van der Waals surface area contributed by atoms with E-state index in [9.17, 15) is 19.5 Å². The Bertz CT molecular complexity index is 1210. The zero-order chi connectivity index (χ0) is 25.8. The molecule has 194 valence electrons. The van der Waals surface area contributed by atoms with Gasteiger partial charge in [-0.25, -0.2) is 9.59 Å². The molecule has 4 fully saturated rings. The van der Waals surface area contributed by atoms with Gasteiger partial charge in [-0.1, -0.05) is 26.8 Å². The predicted molar refractivity (Wildman–Crippen MR) is 129 cm³/mol. The molecule has 1 aliphatic heterocycles. The molecule has 36 heavy (non-hydrogen) atoms. The Morgan fingerprint density at radius 3 is 2.69 bits per heavy atom. The highest BCUT2D eigenvalue weighted by atomic mass is 35.5. The van der Waals surface area contributed by atoms with Crippen LogP contribution in [0, 0.1) is 28.1 Å². The Hall–Kier alpha value is -2.16. The van der Waals surface area contributed by atoms with E-state index in [1.165, 1.54) is 12.3 Å². The van der Waals surface area contributed by atoms with Gasteiger partial charge in [-0.05, 0) is 54.7 Å². The number of allylic oxidation sites excluding steroid dienone is 1. The number of rotatable bonds is 3. The highest BCUT2D eigenvalue weighted by Crippen LogP contribution is 2.73. The van der Waals surface area contributed by atoms with Crippen molar-refractivity contribution >= 4 is 24.0 Å². The molecule has 5 aliphatic rings. The van der Waals surface area contributed by atoms with Crippen LogP contribution < -0.4 is 11.4 Å². The number of carbonyl (C=O) groups is 2. The molecule has 3 N–H and O–H groups in total. The summed E-state index contributed by atoms with van der Waals surface area (Å²) in [5.41, 5.74) is 3.36. The van der Waals surface area contributed by atoms with Crippen LogP contribution in [-0.2, 0) is 14.3 Å². The maximum Gasteiger partial charge on any atom is 0.404 e. The van der Waals surface area contributed by atoms with E-state index in [1.807, 2.05) is 13.8 Å². The van der Waals surface area contributed by atoms with Crippen LogP contribution in [0.25, 0.3) is 0 Å². The van der Waals surface area contributed by atoms with Gasteiger partial charge in [0.15, 0.2) is 0 Å². The van der Waals surface area contributed by atoms with Crippen molar-refractivity contribution < 1.29 is 28.6 Å². The molecule has 4 aliphatic carbocycles. The number of amides is 1. The van der Waals surface area contributed by atoms with Gasteiger partial charge in [-0.3, -0.25) is 0 Å². The average Bonchev–Trinajstić information content (AvgIpc) is 3.57. The second kappa shape index (κ2) is 7.45. The van der Waals surface area contributed by atoms with Crippen LogP contribution in [0.5, 0.6) is 0 Å². The van der Waals surface area contributed by atoms with Crippen molar-refractivity contribution in [3.63, 3.8) is 0 Å². The molecule has 9 heteroatoms. The third kappa shape index (κ3) is 2.81. The number of aliphatic hydroxyl groups is 1. The quantitative estimate of drug-likeness (QED) is 0.272. The molecule has 1 saturated heterocycles. The summed E-state index contributed by atoms with van der Waals surface area (Å²) in [7, 11) is 0. The van der Waals surface area contributed by atoms with E-state index in [1.54, 1.807) is 6.07 Å². The van der Waals surface area contributed by atoms with E-state index in [4.69, 9.17) is 31.2 Å². The van der Waals surface area contributed by atoms with Gasteiger partial charge in [0.25, 0.3) is 0 Å². The summed E-state index contributed by atoms with van der Waals surface area (Å²) < 4.78 is 16.7. The highest BCUT2D eigenvalue weighted by Gasteiger charge is 2.77. The van der Waals surface area contributed by atoms with E-state index in [2.05, 4.69) is 13.0 Å². The normalized spacial score (nSPS) is 47.9. The summed E-state index contributed by atoms with van der Waals surface area (Å²) >= 11 is 6.93. The fourth-order valence-electron chi connectivity index (χ4n) is 8.93. The monoisotopic (exact) mass is 517 g/mol. The summed E-state index contributed by atoms with van der Waals surface area (Å²) in [6.45, 7) is 6.07. The summed E-state index contributed by atoms with van der Waals surface area (Å²) in [6, 6.07) is 3.12. The lowest BCUT2D eigenvalue weighted by molar-refractivity contribution is -0.152. The molecular formula is C27H32ClNO7. The van der Waals surface area contributed by atoms with Crippen molar-refractivity contribution in [2.75, 3.05) is 0 Å². The topological polar surface area (TPSA) is 132 Å². The fraction of sp³-hybridized carbons (Fsp3) is 0.667. The van der Waals surface area contributed by atoms with Gasteiger partial charge in [0, 0.05) is 28.2 Å². The van der Waals surface area contributed by atoms with Gasteiger partial charge in [0.05, 0.1) is 17.3 Å². The minimum atomic E-state index is -1.22. The van der Waals surface area contributed by atoms with Crippen molar-refractivity contribution in [1.82, 2.24) is 0 Å². The minimum Gasteiger partial charge on any atom is -0.443 e. The number of carbonyl (C=O) groups excluding carboxylic acids is 2. The maximum atomic E-state index is 13.1. The molecule has 3 saturated carbocycles. The number of alkyl halides is 1. The Morgan fingerprint density at radius 1 is 1.31 bits per heavy atom. The number of nitrogens with two attached hydrogens (primary N) is 1. The summed E-state index contributed by atoms with van der Waals surface area (Å²) in [5.74, 6) is -0.585. The maximum absolute atomic E-state index is 13.1. The molecular weight excluding hydrogens is 486 g/mol. The van der Waals surface area contributed by atoms with Crippen molar-refractivity contribution in [3.05, 3.63) is 46.0 Å². The zero-order valence-corrected chi connectivity index (χ0v) is 21.4. The zero-order valence-electron chi connectivity index (χ0n) is 20.6. The third-order valence-corrected chi connectivity index (χ3v) is 11.0. The highest BCUT2D eigenvalue weighted by molar-refractivity contribution is 6.21. The van der Waals surface area contributed by atoms with Crippen LogP contribution in [0.15, 0.2) is 39.3 Å². The number of hydrogen-bond donors (Lipinski definition) is 2. The number of hydrogen-bond acceptors (Lipinski definition) is 7. The fourth-order valence-corrected chi connectivity index (χ4v) is 9.58. The smallest absolute Gasteiger partial charge is 0.404 e. The molecule has 1 amide bonds. The standard InChI is InChI=1S/C27H32ClNO7/c1-24(2)17-6-5-15-14(26(17,12-30)22-20(35-22)21(24)36-23(29)32)8-9-25(3)19(16(28)10-27(15,25)33)13-4-7-18(31)34-11-13/h4-5,7,11-12,14,16-17,19-22,33H,6,8-10H2,1-3H3,(H2,29,32)/t14-,16-,17-,19-,20+,21-,22+,25+,26+,27-/m0/s1. The lowest BCUT2D eigenvalue weighted by Gasteiger charge is -2.61. The molecule has 0 spiro atoms. The lowest BCUT2D eigenvalue weighted by atomic mass is 9.42. The van der Waals surface area contributed by atoms with Crippen molar-refractivity contribution in [1.29, 1.82) is 0 Å². The van der Waals surface area contributed by atoms with Crippen molar-refractivity contribution in [2.24, 2.45) is 33.8 Å². The summed E-state index contributed by atoms with van der Waals surface area (Å²) in [6.07, 6.45) is 4.60. The molecule has 2 heterocycles. The number of aldehydes is 1. The minimum absolute atomic E-state index is 0.148. The van der Waals surface area contributed by atoms with E-state index >= 15 is 0 Å². The van der Waals surface area contributed by atoms with Gasteiger partial charge >= 0.3 is 11.7 Å². The molecule has 0 radical (unpaired) electrons. The molecule has 1 aromatic rings. The number of primary amides is 1. The van der Waals surface area contributed by atoms with E-state index in [-0.39, 0.29) is 23.1 Å². The number of ether oxygens (including phenoxy) is 2. The Balaban J connectivity index is 1.43. The van der Waals surface area contributed by atoms with Gasteiger partial charge in [0.2, 0.25) is 0 Å². The van der Waals surface area contributed by atoms with Crippen LogP contribution in [-0.4, -0.2) is 46.8 Å². The van der Waals surface area contributed by atoms with E-state index < -0.39 is 51.9 Å². The summed E-state index contributed by atoms with van der Waals surface area (Å²) in [5, 5.41) is 12.1. The first kappa shape index (κ1) is 24.2. The van der Waals surface area contributed by atoms with Crippen molar-refractivity contribution in [2.45, 2.75) is 81.7 Å². The molecule has 10 atom stereocenters. The number of halogens is 1. The number of fused-ring (bicyclic) bond motifs is 7. The predicted octanol–water partition coefficient (Wildman–Crippen LogP) is 3.28. The van der Waals surface area contributed by atoms with Crippen LogP contribution >= 0.6 is 11.6 Å². The third-order valence-electron chi connectivity index (χ3n) is 10.5. The second-order valence-electron chi connectivity index (χ2n) is 12.2. The van der Waals surface area contributed by atoms with Gasteiger partial charge in [0.1, 0.15) is 24.6 Å². The Labute approximate surface area is 214 Å². The molecule has 6 rings (SSSR count). The Kier molecular flexibility index (Phi) is 5.01. The largest absolute Gasteiger partial charge is 0.443 e. The average molecular weight is 518 g/mol. The SMILES string of the molecule is CC1(C)[C@@H](OC(N)=O)[C@H]2O[C@H]2[C@]2(C=O)[C@H]3CC[C@]4(C)[C@@H](c5ccc(=O)oc5)[C@@H](Cl)C[C@]4(O)C3=CC[C@@H]12. The first-order valence-electron chi connectivity index (χ1n) is 12.7. The molecule has 8 nitrogen and oxygen atoms in total. The van der Waals surface area contributed by atoms with Crippen LogP contribution in [0.2, 0.25) is 0 Å². The first-order chi connectivity index (χ1) is 16.9. The first-order valence-corrected chi connectivity index (χ1v) is 13.1. The van der Waals surface area contributed by atoms with Gasteiger partial charge in [-0.2, -0.15) is 0 Å². The van der Waals surface area contributed by atoms with Gasteiger partial charge < -0.3 is 29.5 Å². The van der Waals surface area contributed by atoms with Gasteiger partial charge in [-0.15, -0.1) is 11.6 Å². The van der Waals surface area contributed by atoms with E-state index in [0.29, 0.717) is 25.7 Å². The van der Waals surface area contributed by atoms with E-state index in [0.717, 1.165) is 17.4 Å². The molecule has 0 unspecified atom stereocenters.